The van der Waals surface area contributed by atoms with Crippen molar-refractivity contribution in [1.82, 2.24) is 9.97 Å². The number of aliphatic hydroxyl groups is 2. The minimum atomic E-state index is -1.40. The summed E-state index contributed by atoms with van der Waals surface area (Å²) in [5.74, 6) is -0.465. The molecule has 2 aromatic heterocycles. The van der Waals surface area contributed by atoms with Gasteiger partial charge in [-0.2, -0.15) is 0 Å². The van der Waals surface area contributed by atoms with E-state index in [2.05, 4.69) is 13.8 Å². The molecular formula is C59H64F4N2O2. The highest BCUT2D eigenvalue weighted by Crippen LogP contribution is 2.56. The molecule has 350 valence electrons. The van der Waals surface area contributed by atoms with Crippen LogP contribution in [0.1, 0.15) is 189 Å². The van der Waals surface area contributed by atoms with Crippen LogP contribution in [0.25, 0.3) is 22.3 Å². The standard InChI is InChI=1S/C30H33F2NO.C29H31F2NO/c1-18-8-10-20(11-9-18)28(32)27-25(19-12-14-22(31)15-13-19)26-23(16-30(2,3)17-24(26)34)33-29(27)21-6-4-5-7-21;1-17(2)28-26(27(31)20-7-5-18(3)6-8-20)24(19-9-11-21(30)12-10-19)25-22(32-28)15-29(13-4-14-29)16-23(25)33/h8-15,21,24,28,34H,4-7,16-17H2,1-3H3;5-12,17,23,27,33H,4,13-16H2,1-3H3/t24-,28-;23-,27-/m00/s1. The molecule has 6 aromatic rings. The molecule has 4 aliphatic carbocycles. The Labute approximate surface area is 394 Å². The van der Waals surface area contributed by atoms with Crippen LogP contribution in [0.3, 0.4) is 0 Å². The molecule has 0 bridgehead atoms. The normalized spacial score (nSPS) is 20.4. The van der Waals surface area contributed by atoms with Gasteiger partial charge in [0.2, 0.25) is 0 Å². The monoisotopic (exact) mass is 908 g/mol. The van der Waals surface area contributed by atoms with Crippen LogP contribution >= 0.6 is 0 Å². The molecule has 2 saturated carbocycles. The van der Waals surface area contributed by atoms with E-state index in [9.17, 15) is 19.0 Å². The van der Waals surface area contributed by atoms with E-state index in [0.717, 1.165) is 108 Å². The highest BCUT2D eigenvalue weighted by molar-refractivity contribution is 5.76. The van der Waals surface area contributed by atoms with Crippen molar-refractivity contribution in [2.75, 3.05) is 0 Å². The molecule has 10 rings (SSSR count). The first-order valence-corrected chi connectivity index (χ1v) is 24.4. The lowest BCUT2D eigenvalue weighted by Crippen LogP contribution is -2.38. The minimum Gasteiger partial charge on any atom is -0.388 e. The van der Waals surface area contributed by atoms with E-state index >= 15 is 8.78 Å². The lowest BCUT2D eigenvalue weighted by Gasteiger charge is -2.47. The number of halogens is 4. The molecule has 0 unspecified atom stereocenters. The molecule has 4 aliphatic rings. The highest BCUT2D eigenvalue weighted by atomic mass is 19.1. The van der Waals surface area contributed by atoms with Crippen LogP contribution in [0, 0.1) is 36.3 Å². The van der Waals surface area contributed by atoms with E-state index in [1.54, 1.807) is 24.3 Å². The summed E-state index contributed by atoms with van der Waals surface area (Å²) in [6, 6.07) is 27.4. The van der Waals surface area contributed by atoms with E-state index in [4.69, 9.17) is 9.97 Å². The third-order valence-electron chi connectivity index (χ3n) is 15.2. The summed E-state index contributed by atoms with van der Waals surface area (Å²) < 4.78 is 60.6. The average Bonchev–Trinajstić information content (AvgIpc) is 3.83. The molecule has 0 radical (unpaired) electrons. The number of fused-ring (bicyclic) bond motifs is 2. The molecule has 0 aliphatic heterocycles. The van der Waals surface area contributed by atoms with Gasteiger partial charge in [0.05, 0.1) is 23.6 Å². The van der Waals surface area contributed by atoms with Crippen LogP contribution < -0.4 is 0 Å². The fourth-order valence-corrected chi connectivity index (χ4v) is 11.6. The lowest BCUT2D eigenvalue weighted by molar-refractivity contribution is 0.0246. The van der Waals surface area contributed by atoms with Gasteiger partial charge in [-0.25, -0.2) is 17.6 Å². The Balaban J connectivity index is 0.000000168. The fraction of sp³-hybridized carbons (Fsp3) is 0.424. The third-order valence-corrected chi connectivity index (χ3v) is 15.2. The predicted octanol–water partition coefficient (Wildman–Crippen LogP) is 15.4. The average molecular weight is 909 g/mol. The van der Waals surface area contributed by atoms with E-state index in [1.165, 1.54) is 30.7 Å². The highest BCUT2D eigenvalue weighted by Gasteiger charge is 2.46. The first-order chi connectivity index (χ1) is 32.0. The van der Waals surface area contributed by atoms with Crippen LogP contribution in [-0.4, -0.2) is 20.2 Å². The van der Waals surface area contributed by atoms with Gasteiger partial charge >= 0.3 is 0 Å². The van der Waals surface area contributed by atoms with Crippen molar-refractivity contribution in [2.45, 2.75) is 149 Å². The topological polar surface area (TPSA) is 66.2 Å². The van der Waals surface area contributed by atoms with Gasteiger partial charge in [0, 0.05) is 39.6 Å². The number of alkyl halides is 2. The molecular weight excluding hydrogens is 845 g/mol. The summed E-state index contributed by atoms with van der Waals surface area (Å²) in [6.45, 7) is 12.3. The van der Waals surface area contributed by atoms with Crippen molar-refractivity contribution in [3.63, 3.8) is 0 Å². The fourth-order valence-electron chi connectivity index (χ4n) is 11.6. The first-order valence-electron chi connectivity index (χ1n) is 24.4. The Hall–Kier alpha value is -5.18. The SMILES string of the molecule is Cc1ccc([C@H](F)c2c(C(C)C)nc3c(c2-c2ccc(F)cc2)[C@@H](O)CC2(CCC2)C3)cc1.Cc1ccc([C@H](F)c2c(C3CCCC3)nc3c(c2-c2ccc(F)cc2)[C@@H](O)CC(C)(C)C3)cc1. The summed E-state index contributed by atoms with van der Waals surface area (Å²) >= 11 is 0. The Morgan fingerprint density at radius 2 is 1.04 bits per heavy atom. The molecule has 4 atom stereocenters. The Morgan fingerprint density at radius 1 is 0.582 bits per heavy atom. The van der Waals surface area contributed by atoms with Gasteiger partial charge in [-0.3, -0.25) is 9.97 Å². The molecule has 2 fully saturated rings. The number of benzene rings is 4. The zero-order valence-electron chi connectivity index (χ0n) is 39.8. The number of nitrogens with zero attached hydrogens (tertiary/aromatic N) is 2. The van der Waals surface area contributed by atoms with Gasteiger partial charge in [-0.1, -0.05) is 131 Å². The predicted molar refractivity (Wildman–Crippen MR) is 259 cm³/mol. The molecule has 2 N–H and O–H groups in total. The van der Waals surface area contributed by atoms with Gasteiger partial charge in [0.1, 0.15) is 11.6 Å². The van der Waals surface area contributed by atoms with Crippen molar-refractivity contribution in [1.29, 1.82) is 0 Å². The molecule has 67 heavy (non-hydrogen) atoms. The third kappa shape index (κ3) is 9.37. The molecule has 1 spiro atoms. The summed E-state index contributed by atoms with van der Waals surface area (Å²) in [5.41, 5.74) is 12.0. The quantitative estimate of drug-likeness (QED) is 0.149. The van der Waals surface area contributed by atoms with Gasteiger partial charge < -0.3 is 10.2 Å². The zero-order chi connectivity index (χ0) is 47.4. The maximum Gasteiger partial charge on any atom is 0.153 e. The maximum atomic E-state index is 16.6. The Morgan fingerprint density at radius 3 is 1.52 bits per heavy atom. The van der Waals surface area contributed by atoms with E-state index < -0.39 is 24.6 Å². The van der Waals surface area contributed by atoms with Gasteiger partial charge in [0.25, 0.3) is 0 Å². The second-order valence-corrected chi connectivity index (χ2v) is 21.3. The summed E-state index contributed by atoms with van der Waals surface area (Å²) in [7, 11) is 0. The van der Waals surface area contributed by atoms with Crippen LogP contribution in [-0.2, 0) is 12.8 Å². The molecule has 4 nitrogen and oxygen atoms in total. The van der Waals surface area contributed by atoms with Crippen LogP contribution in [0.15, 0.2) is 97.1 Å². The Kier molecular flexibility index (Phi) is 13.1. The molecule has 2 heterocycles. The number of hydrogen-bond donors (Lipinski definition) is 2. The zero-order valence-corrected chi connectivity index (χ0v) is 39.8. The van der Waals surface area contributed by atoms with Gasteiger partial charge in [0.15, 0.2) is 12.3 Å². The van der Waals surface area contributed by atoms with E-state index in [1.807, 2.05) is 76.2 Å². The van der Waals surface area contributed by atoms with Gasteiger partial charge in [-0.15, -0.1) is 0 Å². The number of rotatable bonds is 8. The van der Waals surface area contributed by atoms with Gasteiger partial charge in [-0.05, 0) is 140 Å². The van der Waals surface area contributed by atoms with E-state index in [0.29, 0.717) is 46.2 Å². The lowest BCUT2D eigenvalue weighted by atomic mass is 9.59. The summed E-state index contributed by atoms with van der Waals surface area (Å²) in [5, 5.41) is 22.7. The molecule has 0 amide bonds. The number of aryl methyl sites for hydroxylation is 2. The molecule has 8 heteroatoms. The van der Waals surface area contributed by atoms with Crippen LogP contribution in [0.4, 0.5) is 17.6 Å². The second-order valence-electron chi connectivity index (χ2n) is 21.3. The minimum absolute atomic E-state index is 0.00427. The second kappa shape index (κ2) is 18.7. The Bertz CT molecular complexity index is 2720. The number of aliphatic hydroxyl groups excluding tert-OH is 2. The number of aromatic nitrogens is 2. The van der Waals surface area contributed by atoms with E-state index in [-0.39, 0.29) is 34.3 Å². The maximum absolute atomic E-state index is 16.6. The smallest absolute Gasteiger partial charge is 0.153 e. The first kappa shape index (κ1) is 46.9. The number of hydrogen-bond acceptors (Lipinski definition) is 4. The largest absolute Gasteiger partial charge is 0.388 e. The summed E-state index contributed by atoms with van der Waals surface area (Å²) in [4.78, 5) is 10.2. The van der Waals surface area contributed by atoms with Crippen molar-refractivity contribution in [2.24, 2.45) is 10.8 Å². The van der Waals surface area contributed by atoms with Crippen LogP contribution in [0.2, 0.25) is 0 Å². The van der Waals surface area contributed by atoms with Crippen molar-refractivity contribution >= 4 is 0 Å². The summed E-state index contributed by atoms with van der Waals surface area (Å²) in [6.07, 6.45) is 6.19. The van der Waals surface area contributed by atoms with Crippen molar-refractivity contribution < 1.29 is 27.8 Å². The van der Waals surface area contributed by atoms with Crippen molar-refractivity contribution in [3.05, 3.63) is 176 Å². The van der Waals surface area contributed by atoms with Crippen molar-refractivity contribution in [3.8, 4) is 22.3 Å². The van der Waals surface area contributed by atoms with Crippen LogP contribution in [0.5, 0.6) is 0 Å². The molecule has 4 aromatic carbocycles. The molecule has 0 saturated heterocycles. The number of pyridine rings is 2.